The van der Waals surface area contributed by atoms with E-state index in [4.69, 9.17) is 27.9 Å². The van der Waals surface area contributed by atoms with Crippen LogP contribution >= 0.6 is 23.2 Å². The molecule has 0 radical (unpaired) electrons. The lowest BCUT2D eigenvalue weighted by molar-refractivity contribution is 0.0942. The van der Waals surface area contributed by atoms with Gasteiger partial charge in [-0.25, -0.2) is 14.8 Å². The molecule has 6 rings (SSSR count). The van der Waals surface area contributed by atoms with Gasteiger partial charge in [0.1, 0.15) is 23.6 Å². The number of methoxy groups -OCH3 is 1. The van der Waals surface area contributed by atoms with Crippen molar-refractivity contribution in [2.45, 2.75) is 19.6 Å². The van der Waals surface area contributed by atoms with Gasteiger partial charge < -0.3 is 15.0 Å². The van der Waals surface area contributed by atoms with Crippen LogP contribution in [0.5, 0.6) is 5.75 Å². The summed E-state index contributed by atoms with van der Waals surface area (Å²) in [5.74, 6) is 0.946. The minimum Gasteiger partial charge on any atom is -0.497 e. The molecule has 1 aliphatic heterocycles. The number of hydrogen-bond donors (Lipinski definition) is 1. The molecule has 1 aliphatic rings. The molecule has 2 aromatic heterocycles. The van der Waals surface area contributed by atoms with Crippen LogP contribution in [-0.4, -0.2) is 38.7 Å². The van der Waals surface area contributed by atoms with Crippen molar-refractivity contribution in [3.63, 3.8) is 0 Å². The topological polar surface area (TPSA) is 94.3 Å². The molecule has 11 heteroatoms. The zero-order chi connectivity index (χ0) is 27.8. The summed E-state index contributed by atoms with van der Waals surface area (Å²) in [6, 6.07) is 20.1. The largest absolute Gasteiger partial charge is 0.497 e. The third kappa shape index (κ3) is 4.67. The van der Waals surface area contributed by atoms with Gasteiger partial charge in [0.25, 0.3) is 5.91 Å². The van der Waals surface area contributed by atoms with Gasteiger partial charge in [0, 0.05) is 25.0 Å². The maximum Gasteiger partial charge on any atom is 0.333 e. The summed E-state index contributed by atoms with van der Waals surface area (Å²) in [6.07, 6.45) is 1.47. The fourth-order valence-electron chi connectivity index (χ4n) is 5.00. The lowest BCUT2D eigenvalue weighted by atomic mass is 10.1. The van der Waals surface area contributed by atoms with Crippen molar-refractivity contribution in [1.82, 2.24) is 24.4 Å². The summed E-state index contributed by atoms with van der Waals surface area (Å²) >= 11 is 12.5. The lowest BCUT2D eigenvalue weighted by Crippen LogP contribution is -2.38. The predicted molar refractivity (Wildman–Crippen MR) is 155 cm³/mol. The number of hydrogen-bond acceptors (Lipinski definition) is 6. The molecule has 0 unspecified atom stereocenters. The first kappa shape index (κ1) is 25.9. The van der Waals surface area contributed by atoms with Crippen molar-refractivity contribution in [1.29, 1.82) is 0 Å². The Bertz CT molecular complexity index is 1780. The van der Waals surface area contributed by atoms with E-state index < -0.39 is 0 Å². The summed E-state index contributed by atoms with van der Waals surface area (Å²) < 4.78 is 8.41. The summed E-state index contributed by atoms with van der Waals surface area (Å²) in [5, 5.41) is 4.53. The van der Waals surface area contributed by atoms with Crippen LogP contribution in [0, 0.1) is 0 Å². The zero-order valence-electron chi connectivity index (χ0n) is 21.5. The Kier molecular flexibility index (Phi) is 6.91. The Balaban J connectivity index is 1.44. The van der Waals surface area contributed by atoms with E-state index in [1.54, 1.807) is 48.1 Å². The first-order valence-electron chi connectivity index (χ1n) is 12.6. The molecule has 0 fully saturated rings. The zero-order valence-corrected chi connectivity index (χ0v) is 23.0. The van der Waals surface area contributed by atoms with Crippen molar-refractivity contribution in [2.24, 2.45) is 0 Å². The monoisotopic (exact) mass is 574 g/mol. The van der Waals surface area contributed by atoms with Crippen LogP contribution in [0.2, 0.25) is 10.0 Å². The number of nitrogens with zero attached hydrogens (tertiary/aromatic N) is 5. The maximum atomic E-state index is 13.8. The molecule has 3 aromatic carbocycles. The molecule has 0 spiro atoms. The smallest absolute Gasteiger partial charge is 0.333 e. The molecule has 9 nitrogen and oxygen atoms in total. The number of imidazole rings is 1. The minimum atomic E-state index is -0.352. The Hall–Kier alpha value is -4.34. The predicted octanol–water partition coefficient (Wildman–Crippen LogP) is 4.85. The molecule has 5 aromatic rings. The quantitative estimate of drug-likeness (QED) is 0.311. The third-order valence-corrected chi connectivity index (χ3v) is 7.70. The molecule has 40 heavy (non-hydrogen) atoms. The second-order valence-electron chi connectivity index (χ2n) is 9.33. The van der Waals surface area contributed by atoms with E-state index in [0.717, 1.165) is 10.9 Å². The molecule has 1 amide bonds. The van der Waals surface area contributed by atoms with Crippen LogP contribution in [0.25, 0.3) is 16.6 Å². The van der Waals surface area contributed by atoms with Crippen molar-refractivity contribution in [3.05, 3.63) is 111 Å². The van der Waals surface area contributed by atoms with Crippen LogP contribution in [0.3, 0.4) is 0 Å². The highest BCUT2D eigenvalue weighted by Crippen LogP contribution is 2.33. The number of fused-ring (bicyclic) bond motifs is 2. The molecular weight excluding hydrogens is 551 g/mol. The number of anilines is 1. The van der Waals surface area contributed by atoms with E-state index in [2.05, 4.69) is 15.3 Å². The molecule has 0 aliphatic carbocycles. The van der Waals surface area contributed by atoms with Crippen molar-refractivity contribution >= 4 is 45.8 Å². The van der Waals surface area contributed by atoms with Crippen molar-refractivity contribution < 1.29 is 9.53 Å². The Morgan fingerprint density at radius 3 is 2.50 bits per heavy atom. The van der Waals surface area contributed by atoms with E-state index in [1.165, 1.54) is 10.9 Å². The van der Waals surface area contributed by atoms with Gasteiger partial charge >= 0.3 is 5.69 Å². The van der Waals surface area contributed by atoms with E-state index >= 15 is 0 Å². The van der Waals surface area contributed by atoms with Crippen LogP contribution in [0.4, 0.5) is 5.82 Å². The molecule has 0 saturated carbocycles. The van der Waals surface area contributed by atoms with Gasteiger partial charge in [0.05, 0.1) is 40.6 Å². The lowest BCUT2D eigenvalue weighted by Gasteiger charge is -2.30. The van der Waals surface area contributed by atoms with Gasteiger partial charge in [-0.3, -0.25) is 13.9 Å². The SMILES string of the molecule is COc1ccc(-n2c(C(=O)NCc3ccccc3)c3n(c2=O)CCN(c2ncnc4cc(Cl)c(Cl)cc24)C3)cc1. The minimum absolute atomic E-state index is 0.273. The number of halogens is 2. The van der Waals surface area contributed by atoms with E-state index in [1.807, 2.05) is 35.2 Å². The number of carbonyl (C=O) groups is 1. The second kappa shape index (κ2) is 10.7. The molecule has 1 N–H and O–H groups in total. The first-order chi connectivity index (χ1) is 19.4. The number of benzene rings is 3. The summed E-state index contributed by atoms with van der Waals surface area (Å²) in [6.45, 7) is 1.46. The third-order valence-electron chi connectivity index (χ3n) is 6.98. The highest BCUT2D eigenvalue weighted by atomic mass is 35.5. The number of carbonyl (C=O) groups excluding carboxylic acids is 1. The van der Waals surface area contributed by atoms with E-state index in [-0.39, 0.29) is 23.8 Å². The Morgan fingerprint density at radius 1 is 1.00 bits per heavy atom. The van der Waals surface area contributed by atoms with Crippen LogP contribution in [-0.2, 0) is 19.6 Å². The fourth-order valence-corrected chi connectivity index (χ4v) is 5.32. The molecule has 202 valence electrons. The second-order valence-corrected chi connectivity index (χ2v) is 10.1. The average molecular weight is 575 g/mol. The van der Waals surface area contributed by atoms with Crippen LogP contribution < -0.4 is 20.6 Å². The molecular formula is C29H24Cl2N6O3. The summed E-state index contributed by atoms with van der Waals surface area (Å²) in [7, 11) is 1.58. The fraction of sp³-hybridized carbons (Fsp3) is 0.172. The highest BCUT2D eigenvalue weighted by molar-refractivity contribution is 6.42. The molecule has 0 bridgehead atoms. The molecule has 0 saturated heterocycles. The van der Waals surface area contributed by atoms with Crippen LogP contribution in [0.1, 0.15) is 21.7 Å². The number of ether oxygens (including phenoxy) is 1. The molecule has 3 heterocycles. The van der Waals surface area contributed by atoms with Gasteiger partial charge in [0.2, 0.25) is 0 Å². The Morgan fingerprint density at radius 2 is 1.75 bits per heavy atom. The number of rotatable bonds is 6. The van der Waals surface area contributed by atoms with Crippen molar-refractivity contribution in [2.75, 3.05) is 18.6 Å². The van der Waals surface area contributed by atoms with Gasteiger partial charge in [0.15, 0.2) is 0 Å². The normalized spacial score (nSPS) is 12.8. The van der Waals surface area contributed by atoms with Crippen LogP contribution in [0.15, 0.2) is 77.9 Å². The average Bonchev–Trinajstić information content (AvgIpc) is 3.28. The Labute approximate surface area is 239 Å². The van der Waals surface area contributed by atoms with Gasteiger partial charge in [-0.1, -0.05) is 53.5 Å². The van der Waals surface area contributed by atoms with Gasteiger partial charge in [-0.15, -0.1) is 0 Å². The maximum absolute atomic E-state index is 13.8. The highest BCUT2D eigenvalue weighted by Gasteiger charge is 2.31. The number of nitrogens with one attached hydrogen (secondary N) is 1. The van der Waals surface area contributed by atoms with Gasteiger partial charge in [-0.2, -0.15) is 0 Å². The summed E-state index contributed by atoms with van der Waals surface area (Å²) in [5.41, 5.74) is 2.75. The van der Waals surface area contributed by atoms with E-state index in [0.29, 0.717) is 58.1 Å². The summed E-state index contributed by atoms with van der Waals surface area (Å²) in [4.78, 5) is 38.4. The number of aromatic nitrogens is 4. The standard InChI is InChI=1S/C29H24Cl2N6O3/c1-40-20-9-7-19(8-10-20)37-26(28(38)32-15-18-5-3-2-4-6-18)25-16-35(11-12-36(25)29(37)39)27-21-13-22(30)23(31)14-24(21)33-17-34-27/h2-10,13-14,17H,11-12,15-16H2,1H3,(H,32,38). The number of amides is 1. The first-order valence-corrected chi connectivity index (χ1v) is 13.4. The molecule has 0 atom stereocenters. The van der Waals surface area contributed by atoms with E-state index in [9.17, 15) is 9.59 Å². The van der Waals surface area contributed by atoms with Gasteiger partial charge in [-0.05, 0) is 42.0 Å². The van der Waals surface area contributed by atoms with Crippen molar-refractivity contribution in [3.8, 4) is 11.4 Å².